The molecule has 0 aliphatic heterocycles. The Morgan fingerprint density at radius 1 is 1.22 bits per heavy atom. The molecule has 0 aliphatic rings. The first-order chi connectivity index (χ1) is 11.2. The Bertz CT molecular complexity index is 707. The smallest absolute Gasteiger partial charge is 0.238 e. The van der Waals surface area contributed by atoms with Crippen molar-refractivity contribution in [3.63, 3.8) is 0 Å². The summed E-state index contributed by atoms with van der Waals surface area (Å²) in [5, 5.41) is 14.7. The summed E-state index contributed by atoms with van der Waals surface area (Å²) >= 11 is 0. The van der Waals surface area contributed by atoms with Gasteiger partial charge in [-0.3, -0.25) is 4.79 Å². The van der Waals surface area contributed by atoms with Gasteiger partial charge in [-0.15, -0.1) is 0 Å². The van der Waals surface area contributed by atoms with Crippen LogP contribution in [0.4, 0.5) is 5.69 Å². The third-order valence-electron chi connectivity index (χ3n) is 3.32. The fourth-order valence-electron chi connectivity index (χ4n) is 2.21. The van der Waals surface area contributed by atoms with Crippen molar-refractivity contribution >= 4 is 11.6 Å². The number of nitrogens with zero attached hydrogens (tertiary/aromatic N) is 1. The number of methoxy groups -OCH3 is 1. The number of carbonyl (C=O) groups is 1. The molecule has 5 nitrogen and oxygen atoms in total. The lowest BCUT2D eigenvalue weighted by Crippen LogP contribution is -2.29. The number of ether oxygens (including phenoxy) is 1. The summed E-state index contributed by atoms with van der Waals surface area (Å²) in [6, 6.07) is 16.7. The van der Waals surface area contributed by atoms with E-state index in [0.717, 1.165) is 17.7 Å². The summed E-state index contributed by atoms with van der Waals surface area (Å²) in [5.41, 5.74) is 2.25. The highest BCUT2D eigenvalue weighted by atomic mass is 16.5. The number of nitrogens with one attached hydrogen (secondary N) is 2. The normalized spacial score (nSPS) is 9.91. The zero-order valence-electron chi connectivity index (χ0n) is 13.0. The van der Waals surface area contributed by atoms with Crippen LogP contribution in [0.15, 0.2) is 48.5 Å². The van der Waals surface area contributed by atoms with Crippen molar-refractivity contribution in [1.82, 2.24) is 5.32 Å². The van der Waals surface area contributed by atoms with Gasteiger partial charge in [-0.1, -0.05) is 24.3 Å². The average Bonchev–Trinajstić information content (AvgIpc) is 2.59. The second-order valence-electron chi connectivity index (χ2n) is 4.98. The van der Waals surface area contributed by atoms with E-state index >= 15 is 0 Å². The number of hydrogen-bond donors (Lipinski definition) is 2. The van der Waals surface area contributed by atoms with Crippen molar-refractivity contribution in [2.45, 2.75) is 6.42 Å². The minimum Gasteiger partial charge on any atom is -0.496 e. The fourth-order valence-corrected chi connectivity index (χ4v) is 2.21. The zero-order valence-corrected chi connectivity index (χ0v) is 13.0. The molecule has 2 rings (SSSR count). The first-order valence-corrected chi connectivity index (χ1v) is 7.35. The second kappa shape index (κ2) is 8.57. The van der Waals surface area contributed by atoms with E-state index in [1.54, 1.807) is 31.4 Å². The maximum atomic E-state index is 11.9. The number of carbonyl (C=O) groups excluding carboxylic acids is 1. The van der Waals surface area contributed by atoms with Crippen molar-refractivity contribution in [2.24, 2.45) is 0 Å². The quantitative estimate of drug-likeness (QED) is 0.770. The monoisotopic (exact) mass is 309 g/mol. The minimum absolute atomic E-state index is 0.139. The van der Waals surface area contributed by atoms with Gasteiger partial charge in [-0.25, -0.2) is 0 Å². The zero-order chi connectivity index (χ0) is 16.5. The SMILES string of the molecule is COc1ccccc1CCNCC(=O)Nc1cccc(C#N)c1. The van der Waals surface area contributed by atoms with Crippen molar-refractivity contribution in [1.29, 1.82) is 5.26 Å². The summed E-state index contributed by atoms with van der Waals surface area (Å²) in [6.45, 7) is 0.887. The van der Waals surface area contributed by atoms with Gasteiger partial charge < -0.3 is 15.4 Å². The maximum Gasteiger partial charge on any atom is 0.238 e. The van der Waals surface area contributed by atoms with Crippen molar-refractivity contribution in [3.8, 4) is 11.8 Å². The summed E-state index contributed by atoms with van der Waals surface area (Å²) in [4.78, 5) is 11.9. The van der Waals surface area contributed by atoms with Crippen molar-refractivity contribution < 1.29 is 9.53 Å². The molecule has 0 bridgehead atoms. The van der Waals surface area contributed by atoms with Crippen LogP contribution in [0.25, 0.3) is 0 Å². The molecule has 0 heterocycles. The predicted octanol–water partition coefficient (Wildman–Crippen LogP) is 2.34. The van der Waals surface area contributed by atoms with Gasteiger partial charge in [0.2, 0.25) is 5.91 Å². The van der Waals surface area contributed by atoms with Gasteiger partial charge in [-0.2, -0.15) is 5.26 Å². The molecular weight excluding hydrogens is 290 g/mol. The van der Waals surface area contributed by atoms with Crippen LogP contribution < -0.4 is 15.4 Å². The number of para-hydroxylation sites is 1. The molecule has 2 aromatic rings. The van der Waals surface area contributed by atoms with E-state index in [2.05, 4.69) is 10.6 Å². The average molecular weight is 309 g/mol. The number of rotatable bonds is 7. The largest absolute Gasteiger partial charge is 0.496 e. The number of benzene rings is 2. The first-order valence-electron chi connectivity index (χ1n) is 7.35. The molecule has 2 N–H and O–H groups in total. The third kappa shape index (κ3) is 5.13. The fraction of sp³-hybridized carbons (Fsp3) is 0.222. The number of amides is 1. The van der Waals surface area contributed by atoms with E-state index in [1.165, 1.54) is 0 Å². The highest BCUT2D eigenvalue weighted by Gasteiger charge is 2.04. The van der Waals surface area contributed by atoms with E-state index in [-0.39, 0.29) is 12.5 Å². The minimum atomic E-state index is -0.139. The van der Waals surface area contributed by atoms with Gasteiger partial charge in [0.25, 0.3) is 0 Å². The highest BCUT2D eigenvalue weighted by molar-refractivity contribution is 5.92. The van der Waals surface area contributed by atoms with Gasteiger partial charge in [-0.05, 0) is 42.8 Å². The number of nitriles is 1. The predicted molar refractivity (Wildman–Crippen MR) is 89.4 cm³/mol. The summed E-state index contributed by atoms with van der Waals surface area (Å²) in [7, 11) is 1.65. The lowest BCUT2D eigenvalue weighted by Gasteiger charge is -2.09. The van der Waals surface area contributed by atoms with E-state index in [0.29, 0.717) is 17.8 Å². The van der Waals surface area contributed by atoms with E-state index in [9.17, 15) is 4.79 Å². The van der Waals surface area contributed by atoms with Gasteiger partial charge >= 0.3 is 0 Å². The molecule has 0 aliphatic carbocycles. The van der Waals surface area contributed by atoms with Crippen LogP contribution in [-0.2, 0) is 11.2 Å². The van der Waals surface area contributed by atoms with Crippen LogP contribution in [0.1, 0.15) is 11.1 Å². The van der Waals surface area contributed by atoms with Gasteiger partial charge in [0, 0.05) is 5.69 Å². The molecule has 0 fully saturated rings. The van der Waals surface area contributed by atoms with Gasteiger partial charge in [0.1, 0.15) is 5.75 Å². The second-order valence-corrected chi connectivity index (χ2v) is 4.98. The Balaban J connectivity index is 1.75. The molecule has 0 saturated heterocycles. The Labute approximate surface area is 135 Å². The summed E-state index contributed by atoms with van der Waals surface area (Å²) < 4.78 is 5.29. The molecule has 0 atom stereocenters. The highest BCUT2D eigenvalue weighted by Crippen LogP contribution is 2.17. The van der Waals surface area contributed by atoms with Gasteiger partial charge in [0.05, 0.1) is 25.3 Å². The van der Waals surface area contributed by atoms with E-state index < -0.39 is 0 Å². The topological polar surface area (TPSA) is 74.2 Å². The Hall–Kier alpha value is -2.84. The van der Waals surface area contributed by atoms with E-state index in [1.807, 2.05) is 30.3 Å². The Morgan fingerprint density at radius 3 is 2.83 bits per heavy atom. The molecule has 118 valence electrons. The standard InChI is InChI=1S/C18H19N3O2/c1-23-17-8-3-2-6-15(17)9-10-20-13-18(22)21-16-7-4-5-14(11-16)12-19/h2-8,11,20H,9-10,13H2,1H3,(H,21,22). The van der Waals surface area contributed by atoms with E-state index in [4.69, 9.17) is 10.00 Å². The summed E-state index contributed by atoms with van der Waals surface area (Å²) in [6.07, 6.45) is 0.779. The van der Waals surface area contributed by atoms with Crippen molar-refractivity contribution in [2.75, 3.05) is 25.5 Å². The molecular formula is C18H19N3O2. The molecule has 23 heavy (non-hydrogen) atoms. The first kappa shape index (κ1) is 16.5. The summed E-state index contributed by atoms with van der Waals surface area (Å²) in [5.74, 6) is 0.715. The van der Waals surface area contributed by atoms with Crippen LogP contribution in [0, 0.1) is 11.3 Å². The molecule has 0 radical (unpaired) electrons. The molecule has 0 saturated carbocycles. The lowest BCUT2D eigenvalue weighted by atomic mass is 10.1. The molecule has 0 aromatic heterocycles. The van der Waals surface area contributed by atoms with Crippen LogP contribution in [-0.4, -0.2) is 26.1 Å². The van der Waals surface area contributed by atoms with Crippen LogP contribution in [0.3, 0.4) is 0 Å². The molecule has 1 amide bonds. The van der Waals surface area contributed by atoms with Crippen LogP contribution >= 0.6 is 0 Å². The maximum absolute atomic E-state index is 11.9. The Morgan fingerprint density at radius 2 is 2.04 bits per heavy atom. The van der Waals surface area contributed by atoms with Gasteiger partial charge in [0.15, 0.2) is 0 Å². The Kier molecular flexibility index (Phi) is 6.16. The van der Waals surface area contributed by atoms with Crippen LogP contribution in [0.5, 0.6) is 5.75 Å². The molecule has 0 spiro atoms. The molecule has 2 aromatic carbocycles. The molecule has 5 heteroatoms. The lowest BCUT2D eigenvalue weighted by molar-refractivity contribution is -0.115. The number of hydrogen-bond acceptors (Lipinski definition) is 4. The van der Waals surface area contributed by atoms with Crippen molar-refractivity contribution in [3.05, 3.63) is 59.7 Å². The third-order valence-corrected chi connectivity index (χ3v) is 3.32. The van der Waals surface area contributed by atoms with Crippen LogP contribution in [0.2, 0.25) is 0 Å². The molecule has 0 unspecified atom stereocenters. The number of anilines is 1.